The van der Waals surface area contributed by atoms with Crippen molar-refractivity contribution < 1.29 is 9.47 Å². The minimum atomic E-state index is 0.295. The molecule has 0 saturated carbocycles. The second-order valence-electron chi connectivity index (χ2n) is 4.07. The van der Waals surface area contributed by atoms with Gasteiger partial charge in [-0.2, -0.15) is 0 Å². The first-order valence-corrected chi connectivity index (χ1v) is 5.43. The van der Waals surface area contributed by atoms with Crippen LogP contribution in [-0.2, 0) is 4.74 Å². The van der Waals surface area contributed by atoms with Gasteiger partial charge in [0.25, 0.3) is 0 Å². The number of nitrogen functional groups attached to an aromatic ring is 1. The Kier molecular flexibility index (Phi) is 3.31. The average Bonchev–Trinajstić information content (AvgIpc) is 2.31. The van der Waals surface area contributed by atoms with Crippen molar-refractivity contribution in [3.05, 3.63) is 23.8 Å². The van der Waals surface area contributed by atoms with E-state index in [1.807, 2.05) is 18.2 Å². The minimum absolute atomic E-state index is 0.295. The van der Waals surface area contributed by atoms with E-state index < -0.39 is 0 Å². The van der Waals surface area contributed by atoms with Crippen LogP contribution in [0.15, 0.2) is 18.2 Å². The first kappa shape index (κ1) is 11.2. The van der Waals surface area contributed by atoms with Gasteiger partial charge in [0.15, 0.2) is 0 Å². The van der Waals surface area contributed by atoms with E-state index in [2.05, 4.69) is 11.9 Å². The number of rotatable bonds is 2. The predicted octanol–water partition coefficient (Wildman–Crippen LogP) is 1.28. The van der Waals surface area contributed by atoms with Gasteiger partial charge in [0.05, 0.1) is 32.1 Å². The van der Waals surface area contributed by atoms with Crippen LogP contribution < -0.4 is 10.5 Å². The SMILES string of the molecule is COc1cc(C2COCCN2C)ccc1N. The highest BCUT2D eigenvalue weighted by Crippen LogP contribution is 2.29. The number of morpholine rings is 1. The summed E-state index contributed by atoms with van der Waals surface area (Å²) in [5, 5.41) is 0. The molecular formula is C12H18N2O2. The van der Waals surface area contributed by atoms with Crippen molar-refractivity contribution in [2.45, 2.75) is 6.04 Å². The highest BCUT2D eigenvalue weighted by atomic mass is 16.5. The molecule has 1 aromatic carbocycles. The van der Waals surface area contributed by atoms with Crippen LogP contribution in [0.3, 0.4) is 0 Å². The smallest absolute Gasteiger partial charge is 0.142 e. The van der Waals surface area contributed by atoms with E-state index >= 15 is 0 Å². The van der Waals surface area contributed by atoms with Crippen LogP contribution in [0.2, 0.25) is 0 Å². The van der Waals surface area contributed by atoms with E-state index in [0.717, 1.165) is 25.5 Å². The molecule has 2 rings (SSSR count). The van der Waals surface area contributed by atoms with Gasteiger partial charge >= 0.3 is 0 Å². The topological polar surface area (TPSA) is 47.7 Å². The predicted molar refractivity (Wildman–Crippen MR) is 63.6 cm³/mol. The maximum Gasteiger partial charge on any atom is 0.142 e. The summed E-state index contributed by atoms with van der Waals surface area (Å²) in [4.78, 5) is 2.29. The maximum atomic E-state index is 5.79. The first-order valence-electron chi connectivity index (χ1n) is 5.43. The number of anilines is 1. The lowest BCUT2D eigenvalue weighted by molar-refractivity contribution is 0.00501. The normalized spacial score (nSPS) is 22.0. The number of methoxy groups -OCH3 is 1. The molecule has 1 aromatic rings. The van der Waals surface area contributed by atoms with Crippen LogP contribution in [0.25, 0.3) is 0 Å². The van der Waals surface area contributed by atoms with Gasteiger partial charge in [-0.25, -0.2) is 0 Å². The van der Waals surface area contributed by atoms with Gasteiger partial charge in [0, 0.05) is 6.54 Å². The number of likely N-dealkylation sites (N-methyl/N-ethyl adjacent to an activating group) is 1. The molecule has 1 aliphatic rings. The van der Waals surface area contributed by atoms with Gasteiger partial charge in [0.2, 0.25) is 0 Å². The highest BCUT2D eigenvalue weighted by Gasteiger charge is 2.21. The van der Waals surface area contributed by atoms with Crippen molar-refractivity contribution >= 4 is 5.69 Å². The number of nitrogens with zero attached hydrogens (tertiary/aromatic N) is 1. The molecule has 1 saturated heterocycles. The molecule has 0 bridgehead atoms. The van der Waals surface area contributed by atoms with Gasteiger partial charge in [-0.15, -0.1) is 0 Å². The molecule has 1 unspecified atom stereocenters. The highest BCUT2D eigenvalue weighted by molar-refractivity contribution is 5.54. The number of nitrogens with two attached hydrogens (primary N) is 1. The molecule has 2 N–H and O–H groups in total. The van der Waals surface area contributed by atoms with Gasteiger partial charge in [0.1, 0.15) is 5.75 Å². The van der Waals surface area contributed by atoms with E-state index in [1.54, 1.807) is 7.11 Å². The standard InChI is InChI=1S/C12H18N2O2/c1-14-5-6-16-8-11(14)9-3-4-10(13)12(7-9)15-2/h3-4,7,11H,5-6,8,13H2,1-2H3. The molecule has 0 spiro atoms. The van der Waals surface area contributed by atoms with Crippen molar-refractivity contribution in [2.75, 3.05) is 39.6 Å². The van der Waals surface area contributed by atoms with E-state index in [-0.39, 0.29) is 0 Å². The molecule has 88 valence electrons. The van der Waals surface area contributed by atoms with E-state index in [0.29, 0.717) is 11.7 Å². The van der Waals surface area contributed by atoms with Crippen molar-refractivity contribution in [1.29, 1.82) is 0 Å². The zero-order valence-corrected chi connectivity index (χ0v) is 9.77. The van der Waals surface area contributed by atoms with Gasteiger partial charge < -0.3 is 15.2 Å². The monoisotopic (exact) mass is 222 g/mol. The third kappa shape index (κ3) is 2.13. The van der Waals surface area contributed by atoms with E-state index in [4.69, 9.17) is 15.2 Å². The Hall–Kier alpha value is -1.26. The number of benzene rings is 1. The lowest BCUT2D eigenvalue weighted by Gasteiger charge is -2.32. The molecule has 0 radical (unpaired) electrons. The molecule has 1 fully saturated rings. The summed E-state index contributed by atoms with van der Waals surface area (Å²) < 4.78 is 10.7. The summed E-state index contributed by atoms with van der Waals surface area (Å²) in [6.07, 6.45) is 0. The quantitative estimate of drug-likeness (QED) is 0.766. The summed E-state index contributed by atoms with van der Waals surface area (Å²) in [5.74, 6) is 0.733. The molecule has 1 atom stereocenters. The Labute approximate surface area is 95.9 Å². The van der Waals surface area contributed by atoms with E-state index in [9.17, 15) is 0 Å². The van der Waals surface area contributed by atoms with Crippen molar-refractivity contribution in [3.63, 3.8) is 0 Å². The van der Waals surface area contributed by atoms with Gasteiger partial charge in [-0.1, -0.05) is 6.07 Å². The molecule has 1 aliphatic heterocycles. The summed E-state index contributed by atoms with van der Waals surface area (Å²) in [7, 11) is 3.74. The summed E-state index contributed by atoms with van der Waals surface area (Å²) in [6, 6.07) is 6.21. The number of ether oxygens (including phenoxy) is 2. The van der Waals surface area contributed by atoms with E-state index in [1.165, 1.54) is 5.56 Å². The third-order valence-corrected chi connectivity index (χ3v) is 3.04. The molecule has 4 heteroatoms. The zero-order valence-electron chi connectivity index (χ0n) is 9.77. The fourth-order valence-electron chi connectivity index (χ4n) is 1.97. The van der Waals surface area contributed by atoms with Crippen LogP contribution in [0.1, 0.15) is 11.6 Å². The third-order valence-electron chi connectivity index (χ3n) is 3.04. The Morgan fingerprint density at radius 2 is 2.31 bits per heavy atom. The maximum absolute atomic E-state index is 5.79. The largest absolute Gasteiger partial charge is 0.495 e. The molecule has 4 nitrogen and oxygen atoms in total. The Balaban J connectivity index is 2.25. The molecule has 0 aliphatic carbocycles. The molecule has 0 aromatic heterocycles. The lowest BCUT2D eigenvalue weighted by Crippen LogP contribution is -2.36. The van der Waals surface area contributed by atoms with Crippen LogP contribution >= 0.6 is 0 Å². The van der Waals surface area contributed by atoms with Crippen LogP contribution in [-0.4, -0.2) is 38.8 Å². The summed E-state index contributed by atoms with van der Waals surface area (Å²) >= 11 is 0. The van der Waals surface area contributed by atoms with Crippen molar-refractivity contribution in [3.8, 4) is 5.75 Å². The average molecular weight is 222 g/mol. The summed E-state index contributed by atoms with van der Waals surface area (Å²) in [6.45, 7) is 2.49. The Morgan fingerprint density at radius 3 is 3.00 bits per heavy atom. The molecule has 1 heterocycles. The van der Waals surface area contributed by atoms with Crippen LogP contribution in [0, 0.1) is 0 Å². The van der Waals surface area contributed by atoms with Crippen molar-refractivity contribution in [1.82, 2.24) is 4.90 Å². The molecule has 0 amide bonds. The van der Waals surface area contributed by atoms with Crippen molar-refractivity contribution in [2.24, 2.45) is 0 Å². The molecular weight excluding hydrogens is 204 g/mol. The summed E-state index contributed by atoms with van der Waals surface area (Å²) in [5.41, 5.74) is 7.65. The van der Waals surface area contributed by atoms with Gasteiger partial charge in [-0.3, -0.25) is 4.90 Å². The Bertz CT molecular complexity index is 368. The van der Waals surface area contributed by atoms with Gasteiger partial charge in [-0.05, 0) is 24.7 Å². The second kappa shape index (κ2) is 4.72. The molecule has 16 heavy (non-hydrogen) atoms. The minimum Gasteiger partial charge on any atom is -0.495 e. The fourth-order valence-corrected chi connectivity index (χ4v) is 1.97. The Morgan fingerprint density at radius 1 is 1.50 bits per heavy atom. The number of hydrogen-bond donors (Lipinski definition) is 1. The van der Waals surface area contributed by atoms with Crippen LogP contribution in [0.4, 0.5) is 5.69 Å². The fraction of sp³-hybridized carbons (Fsp3) is 0.500. The number of hydrogen-bond acceptors (Lipinski definition) is 4. The second-order valence-corrected chi connectivity index (χ2v) is 4.07. The van der Waals surface area contributed by atoms with Crippen LogP contribution in [0.5, 0.6) is 5.75 Å². The lowest BCUT2D eigenvalue weighted by atomic mass is 10.0. The zero-order chi connectivity index (χ0) is 11.5. The first-order chi connectivity index (χ1) is 7.72.